The molecule has 0 fully saturated rings. The Hall–Kier alpha value is -2.53. The van der Waals surface area contributed by atoms with Gasteiger partial charge in [0.15, 0.2) is 0 Å². The second-order valence-electron chi connectivity index (χ2n) is 6.89. The molecule has 2 atom stereocenters. The van der Waals surface area contributed by atoms with E-state index >= 15 is 0 Å². The molecule has 0 unspecified atom stereocenters. The van der Waals surface area contributed by atoms with E-state index in [9.17, 15) is 13.6 Å². The normalized spacial score (nSPS) is 17.7. The third kappa shape index (κ3) is 4.25. The van der Waals surface area contributed by atoms with Crippen LogP contribution in [0.1, 0.15) is 43.4 Å². The zero-order valence-corrected chi connectivity index (χ0v) is 15.4. The van der Waals surface area contributed by atoms with Gasteiger partial charge in [-0.3, -0.25) is 4.79 Å². The van der Waals surface area contributed by atoms with Crippen molar-refractivity contribution in [2.75, 3.05) is 6.54 Å². The molecule has 1 aliphatic rings. The van der Waals surface area contributed by atoms with E-state index in [1.807, 2.05) is 43.3 Å². The van der Waals surface area contributed by atoms with Gasteiger partial charge in [0, 0.05) is 12.1 Å². The predicted octanol–water partition coefficient (Wildman–Crippen LogP) is 4.45. The first-order valence-corrected chi connectivity index (χ1v) is 9.28. The fraction of sp³-hybridized carbons (Fsp3) is 0.318. The molecule has 0 saturated heterocycles. The van der Waals surface area contributed by atoms with Gasteiger partial charge in [0.25, 0.3) is 0 Å². The minimum absolute atomic E-state index is 0.166. The lowest BCUT2D eigenvalue weighted by atomic mass is 10.0. The van der Waals surface area contributed by atoms with Crippen LogP contribution in [0.4, 0.5) is 8.78 Å². The van der Waals surface area contributed by atoms with E-state index in [1.165, 1.54) is 6.07 Å². The van der Waals surface area contributed by atoms with Gasteiger partial charge >= 0.3 is 0 Å². The number of nitrogens with zero attached hydrogens (tertiary/aromatic N) is 1. The summed E-state index contributed by atoms with van der Waals surface area (Å²) in [7, 11) is 0. The molecular formula is C22H24F2N2O. The Bertz CT molecular complexity index is 835. The number of nitrogens with two attached hydrogens (primary N) is 1. The van der Waals surface area contributed by atoms with Crippen LogP contribution < -0.4 is 5.73 Å². The van der Waals surface area contributed by atoms with Crippen LogP contribution in [-0.2, 0) is 4.79 Å². The van der Waals surface area contributed by atoms with Gasteiger partial charge in [-0.2, -0.15) is 0 Å². The zero-order chi connectivity index (χ0) is 19.4. The fourth-order valence-corrected chi connectivity index (χ4v) is 3.44. The maximum absolute atomic E-state index is 14.3. The number of halogens is 2. The Morgan fingerprint density at radius 1 is 1.22 bits per heavy atom. The molecule has 0 spiro atoms. The van der Waals surface area contributed by atoms with Gasteiger partial charge in [0.1, 0.15) is 11.6 Å². The molecular weight excluding hydrogens is 346 g/mol. The Morgan fingerprint density at radius 3 is 2.67 bits per heavy atom. The highest BCUT2D eigenvalue weighted by Gasteiger charge is 2.33. The maximum atomic E-state index is 14.3. The number of carbonyl (C=O) groups is 1. The van der Waals surface area contributed by atoms with E-state index in [-0.39, 0.29) is 24.1 Å². The van der Waals surface area contributed by atoms with Crippen LogP contribution in [0.2, 0.25) is 0 Å². The number of carbonyl (C=O) groups excluding carboxylic acids is 1. The molecule has 27 heavy (non-hydrogen) atoms. The minimum atomic E-state index is -0.596. The van der Waals surface area contributed by atoms with Crippen molar-refractivity contribution in [1.29, 1.82) is 0 Å². The zero-order valence-electron chi connectivity index (χ0n) is 15.4. The predicted molar refractivity (Wildman–Crippen MR) is 103 cm³/mol. The SMILES string of the molecule is CCCC[C@H](N)C(=O)N1CC(c2cc(F)ccc2F)=C[C@H]1c1ccccc1. The van der Waals surface area contributed by atoms with Crippen molar-refractivity contribution in [3.8, 4) is 0 Å². The lowest BCUT2D eigenvalue weighted by Gasteiger charge is -2.28. The summed E-state index contributed by atoms with van der Waals surface area (Å²) in [6, 6.07) is 12.0. The van der Waals surface area contributed by atoms with Crippen LogP contribution >= 0.6 is 0 Å². The number of unbranched alkanes of at least 4 members (excludes halogenated alkanes) is 1. The van der Waals surface area contributed by atoms with Crippen molar-refractivity contribution >= 4 is 11.5 Å². The number of amides is 1. The summed E-state index contributed by atoms with van der Waals surface area (Å²) in [5, 5.41) is 0. The van der Waals surface area contributed by atoms with Crippen molar-refractivity contribution in [2.24, 2.45) is 5.73 Å². The molecule has 3 nitrogen and oxygen atoms in total. The van der Waals surface area contributed by atoms with E-state index in [0.717, 1.165) is 30.5 Å². The summed E-state index contributed by atoms with van der Waals surface area (Å²) in [5.41, 5.74) is 7.81. The fourth-order valence-electron chi connectivity index (χ4n) is 3.44. The first-order chi connectivity index (χ1) is 13.0. The van der Waals surface area contributed by atoms with Crippen LogP contribution in [0.25, 0.3) is 5.57 Å². The molecule has 1 amide bonds. The number of hydrogen-bond acceptors (Lipinski definition) is 2. The highest BCUT2D eigenvalue weighted by atomic mass is 19.1. The Morgan fingerprint density at radius 2 is 1.96 bits per heavy atom. The molecule has 0 radical (unpaired) electrons. The van der Waals surface area contributed by atoms with Gasteiger partial charge in [-0.15, -0.1) is 0 Å². The summed E-state index contributed by atoms with van der Waals surface area (Å²) >= 11 is 0. The molecule has 1 aliphatic heterocycles. The summed E-state index contributed by atoms with van der Waals surface area (Å²) in [6.45, 7) is 2.25. The second kappa shape index (κ2) is 8.44. The van der Waals surface area contributed by atoms with Gasteiger partial charge in [-0.25, -0.2) is 8.78 Å². The van der Waals surface area contributed by atoms with E-state index in [2.05, 4.69) is 0 Å². The average Bonchev–Trinajstić information content (AvgIpc) is 3.13. The van der Waals surface area contributed by atoms with Crippen LogP contribution in [0.5, 0.6) is 0 Å². The van der Waals surface area contributed by atoms with E-state index in [0.29, 0.717) is 12.0 Å². The second-order valence-corrected chi connectivity index (χ2v) is 6.89. The molecule has 5 heteroatoms. The highest BCUT2D eigenvalue weighted by molar-refractivity contribution is 5.86. The molecule has 3 rings (SSSR count). The topological polar surface area (TPSA) is 46.3 Å². The molecule has 2 aromatic carbocycles. The van der Waals surface area contributed by atoms with Crippen molar-refractivity contribution in [2.45, 2.75) is 38.3 Å². The van der Waals surface area contributed by atoms with Crippen molar-refractivity contribution in [3.63, 3.8) is 0 Å². The van der Waals surface area contributed by atoms with E-state index in [4.69, 9.17) is 5.73 Å². The van der Waals surface area contributed by atoms with Gasteiger partial charge in [0.05, 0.1) is 12.1 Å². The third-order valence-corrected chi connectivity index (χ3v) is 4.92. The number of rotatable bonds is 6. The molecule has 0 aliphatic carbocycles. The van der Waals surface area contributed by atoms with Gasteiger partial charge in [-0.05, 0) is 35.8 Å². The largest absolute Gasteiger partial charge is 0.326 e. The van der Waals surface area contributed by atoms with Crippen LogP contribution in [0, 0.1) is 11.6 Å². The molecule has 2 aromatic rings. The van der Waals surface area contributed by atoms with Crippen LogP contribution in [0.15, 0.2) is 54.6 Å². The smallest absolute Gasteiger partial charge is 0.240 e. The Labute approximate surface area is 158 Å². The summed E-state index contributed by atoms with van der Waals surface area (Å²) in [5.74, 6) is -1.17. The standard InChI is InChI=1S/C22H24F2N2O/c1-2-3-9-20(25)22(27)26-14-16(18-13-17(23)10-11-19(18)24)12-21(26)15-7-5-4-6-8-15/h4-8,10-13,20-21H,2-3,9,14,25H2,1H3/t20-,21-/m0/s1. The van der Waals surface area contributed by atoms with Crippen LogP contribution in [-0.4, -0.2) is 23.4 Å². The Balaban J connectivity index is 1.94. The van der Waals surface area contributed by atoms with Gasteiger partial charge in [0.2, 0.25) is 5.91 Å². The Kier molecular flexibility index (Phi) is 6.01. The lowest BCUT2D eigenvalue weighted by molar-refractivity contribution is -0.133. The summed E-state index contributed by atoms with van der Waals surface area (Å²) in [6.07, 6.45) is 4.27. The summed E-state index contributed by atoms with van der Waals surface area (Å²) in [4.78, 5) is 14.6. The first-order valence-electron chi connectivity index (χ1n) is 9.28. The van der Waals surface area contributed by atoms with Crippen molar-refractivity contribution < 1.29 is 13.6 Å². The number of hydrogen-bond donors (Lipinski definition) is 1. The van der Waals surface area contributed by atoms with E-state index < -0.39 is 17.7 Å². The minimum Gasteiger partial charge on any atom is -0.326 e. The highest BCUT2D eigenvalue weighted by Crippen LogP contribution is 2.36. The summed E-state index contributed by atoms with van der Waals surface area (Å²) < 4.78 is 27.9. The lowest BCUT2D eigenvalue weighted by Crippen LogP contribution is -2.43. The van der Waals surface area contributed by atoms with Crippen molar-refractivity contribution in [3.05, 3.63) is 77.4 Å². The quantitative estimate of drug-likeness (QED) is 0.817. The van der Waals surface area contributed by atoms with Crippen LogP contribution in [0.3, 0.4) is 0 Å². The molecule has 0 saturated carbocycles. The molecule has 142 valence electrons. The monoisotopic (exact) mass is 370 g/mol. The molecule has 2 N–H and O–H groups in total. The average molecular weight is 370 g/mol. The maximum Gasteiger partial charge on any atom is 0.240 e. The third-order valence-electron chi connectivity index (χ3n) is 4.92. The molecule has 0 aromatic heterocycles. The van der Waals surface area contributed by atoms with Crippen molar-refractivity contribution in [1.82, 2.24) is 4.90 Å². The molecule has 0 bridgehead atoms. The van der Waals surface area contributed by atoms with Gasteiger partial charge in [-0.1, -0.05) is 56.2 Å². The first kappa shape index (κ1) is 19.2. The number of benzene rings is 2. The van der Waals surface area contributed by atoms with Gasteiger partial charge < -0.3 is 10.6 Å². The van der Waals surface area contributed by atoms with E-state index in [1.54, 1.807) is 4.90 Å². The molecule has 1 heterocycles.